The van der Waals surface area contributed by atoms with E-state index < -0.39 is 22.7 Å². The molecule has 238 valence electrons. The lowest BCUT2D eigenvalue weighted by Crippen LogP contribution is -2.51. The minimum atomic E-state index is -2.18. The summed E-state index contributed by atoms with van der Waals surface area (Å²) in [7, 11) is -0.818. The summed E-state index contributed by atoms with van der Waals surface area (Å²) in [6.07, 6.45) is 1.51. The van der Waals surface area contributed by atoms with Crippen molar-refractivity contribution in [2.45, 2.75) is 143 Å². The second-order valence-corrected chi connectivity index (χ2v) is 24.3. The number of hydrogen-bond donors (Lipinski definition) is 1. The van der Waals surface area contributed by atoms with Crippen molar-refractivity contribution in [1.82, 2.24) is 0 Å². The van der Waals surface area contributed by atoms with Crippen LogP contribution < -0.4 is 0 Å². The van der Waals surface area contributed by atoms with Crippen LogP contribution in [-0.2, 0) is 27.9 Å². The molecule has 0 saturated heterocycles. The summed E-state index contributed by atoms with van der Waals surface area (Å²) in [4.78, 5) is 12.1. The SMILES string of the molecule is COCO[C@@H](CC(C)=O)[C@@H](C)[C@@H](O[Si](C)(C)C(C)(C)C)[C@H](C)[C@@H](/C=C(\C)C[C@H](O)CO[Si](C)(C)C(C)(C)C)OC. The third-order valence-corrected chi connectivity index (χ3v) is 18.0. The van der Waals surface area contributed by atoms with Gasteiger partial charge >= 0.3 is 0 Å². The van der Waals surface area contributed by atoms with Gasteiger partial charge in [0.05, 0.1) is 31.0 Å². The number of aliphatic hydroxyl groups is 1. The fourth-order valence-electron chi connectivity index (χ4n) is 4.18. The van der Waals surface area contributed by atoms with Crippen molar-refractivity contribution in [3.05, 3.63) is 11.6 Å². The molecule has 9 heteroatoms. The molecule has 0 bridgehead atoms. The Bertz CT molecular complexity index is 784. The number of Topliss-reactive ketones (excluding diaryl/α,β-unsaturated/α-hetero) is 1. The highest BCUT2D eigenvalue weighted by Crippen LogP contribution is 2.41. The van der Waals surface area contributed by atoms with Gasteiger partial charge in [-0.1, -0.05) is 67.0 Å². The average molecular weight is 605 g/mol. The summed E-state index contributed by atoms with van der Waals surface area (Å²) in [6.45, 7) is 30.5. The van der Waals surface area contributed by atoms with Crippen molar-refractivity contribution in [2.75, 3.05) is 27.6 Å². The van der Waals surface area contributed by atoms with E-state index in [0.717, 1.165) is 5.57 Å². The van der Waals surface area contributed by atoms with E-state index in [1.807, 2.05) is 6.92 Å². The topological polar surface area (TPSA) is 83.5 Å². The molecule has 0 unspecified atom stereocenters. The highest BCUT2D eigenvalue weighted by atomic mass is 28.4. The van der Waals surface area contributed by atoms with Gasteiger partial charge in [-0.2, -0.15) is 0 Å². The number of methoxy groups -OCH3 is 2. The zero-order valence-electron chi connectivity index (χ0n) is 28.8. The first-order valence-corrected chi connectivity index (χ1v) is 20.6. The van der Waals surface area contributed by atoms with E-state index in [9.17, 15) is 9.90 Å². The Morgan fingerprint density at radius 3 is 1.82 bits per heavy atom. The molecule has 40 heavy (non-hydrogen) atoms. The summed E-state index contributed by atoms with van der Waals surface area (Å²) >= 11 is 0. The summed E-state index contributed by atoms with van der Waals surface area (Å²) in [5, 5.41) is 10.9. The lowest BCUT2D eigenvalue weighted by atomic mass is 9.84. The van der Waals surface area contributed by atoms with Crippen LogP contribution in [0.4, 0.5) is 0 Å². The second-order valence-electron chi connectivity index (χ2n) is 14.7. The fourth-order valence-corrected chi connectivity index (χ4v) is 6.68. The van der Waals surface area contributed by atoms with Gasteiger partial charge in [0, 0.05) is 32.5 Å². The Kier molecular flexibility index (Phi) is 16.3. The Hall–Kier alpha value is -0.396. The van der Waals surface area contributed by atoms with Crippen LogP contribution >= 0.6 is 0 Å². The van der Waals surface area contributed by atoms with Crippen LogP contribution in [0.3, 0.4) is 0 Å². The predicted octanol–water partition coefficient (Wildman–Crippen LogP) is 7.35. The van der Waals surface area contributed by atoms with Crippen molar-refractivity contribution in [3.63, 3.8) is 0 Å². The summed E-state index contributed by atoms with van der Waals surface area (Å²) < 4.78 is 30.5. The number of aliphatic hydroxyl groups excluding tert-OH is 1. The zero-order valence-corrected chi connectivity index (χ0v) is 30.8. The molecule has 0 aliphatic rings. The number of ether oxygens (including phenoxy) is 3. The lowest BCUT2D eigenvalue weighted by molar-refractivity contribution is -0.134. The number of ketones is 1. The summed E-state index contributed by atoms with van der Waals surface area (Å²) in [6, 6.07) is 0. The Labute approximate surface area is 249 Å². The first kappa shape index (κ1) is 39.6. The van der Waals surface area contributed by atoms with Gasteiger partial charge in [-0.05, 0) is 56.5 Å². The second kappa shape index (κ2) is 16.5. The van der Waals surface area contributed by atoms with E-state index in [1.54, 1.807) is 21.1 Å². The number of carbonyl (C=O) groups excluding carboxylic acids is 1. The molecule has 0 aliphatic heterocycles. The molecule has 0 fully saturated rings. The van der Waals surface area contributed by atoms with E-state index in [1.165, 1.54) is 0 Å². The monoisotopic (exact) mass is 604 g/mol. The largest absolute Gasteiger partial charge is 0.414 e. The first-order valence-electron chi connectivity index (χ1n) is 14.8. The fraction of sp³-hybridized carbons (Fsp3) is 0.903. The minimum Gasteiger partial charge on any atom is -0.414 e. The van der Waals surface area contributed by atoms with E-state index in [-0.39, 0.29) is 52.8 Å². The van der Waals surface area contributed by atoms with Crippen LogP contribution in [0.5, 0.6) is 0 Å². The molecule has 1 N–H and O–H groups in total. The number of rotatable bonds is 18. The molecule has 0 heterocycles. The van der Waals surface area contributed by atoms with Crippen LogP contribution in [-0.4, -0.2) is 79.6 Å². The molecule has 0 aromatic rings. The molecular formula is C31H64O7Si2. The normalized spacial score (nSPS) is 18.7. The van der Waals surface area contributed by atoms with E-state index in [2.05, 4.69) is 87.7 Å². The molecule has 0 rings (SSSR count). The number of hydrogen-bond acceptors (Lipinski definition) is 7. The van der Waals surface area contributed by atoms with Crippen LogP contribution in [0.25, 0.3) is 0 Å². The van der Waals surface area contributed by atoms with E-state index >= 15 is 0 Å². The zero-order chi connectivity index (χ0) is 31.7. The van der Waals surface area contributed by atoms with Crippen LogP contribution in [0, 0.1) is 11.8 Å². The molecule has 0 aromatic heterocycles. The van der Waals surface area contributed by atoms with Gasteiger partial charge in [-0.25, -0.2) is 0 Å². The van der Waals surface area contributed by atoms with Gasteiger partial charge < -0.3 is 28.2 Å². The van der Waals surface area contributed by atoms with Gasteiger partial charge in [-0.15, -0.1) is 0 Å². The first-order chi connectivity index (χ1) is 18.0. The maximum absolute atomic E-state index is 12.1. The van der Waals surface area contributed by atoms with Gasteiger partial charge in [0.2, 0.25) is 0 Å². The van der Waals surface area contributed by atoms with Crippen LogP contribution in [0.2, 0.25) is 36.3 Å². The number of carbonyl (C=O) groups is 1. The third-order valence-electron chi connectivity index (χ3n) is 8.99. The summed E-state index contributed by atoms with van der Waals surface area (Å²) in [5.74, 6) is -0.0527. The van der Waals surface area contributed by atoms with Crippen molar-refractivity contribution < 1.29 is 33.0 Å². The quantitative estimate of drug-likeness (QED) is 0.0995. The molecule has 0 amide bonds. The Morgan fingerprint density at radius 1 is 0.875 bits per heavy atom. The molecule has 0 saturated carbocycles. The third kappa shape index (κ3) is 12.9. The molecule has 0 radical (unpaired) electrons. The highest BCUT2D eigenvalue weighted by Gasteiger charge is 2.44. The Morgan fingerprint density at radius 2 is 1.40 bits per heavy atom. The molecule has 0 aromatic carbocycles. The van der Waals surface area contributed by atoms with Crippen LogP contribution in [0.15, 0.2) is 11.6 Å². The van der Waals surface area contributed by atoms with Gasteiger partial charge in [-0.3, -0.25) is 4.79 Å². The van der Waals surface area contributed by atoms with E-state index in [0.29, 0.717) is 19.4 Å². The smallest absolute Gasteiger partial charge is 0.192 e. The molecule has 0 aliphatic carbocycles. The lowest BCUT2D eigenvalue weighted by Gasteiger charge is -2.45. The van der Waals surface area contributed by atoms with Crippen LogP contribution in [0.1, 0.15) is 82.1 Å². The average Bonchev–Trinajstić information content (AvgIpc) is 2.79. The standard InChI is InChI=1S/C31H64O7Si2/c1-22(17-26(33)20-37-39(13,14)30(5,6)7)18-27(35-12)24(3)29(38-40(15,16)31(8,9)10)25(4)28(19-23(2)32)36-21-34-11/h18,24-29,33H,17,19-21H2,1-16H3/b22-18+/t24-,25-,26+,27-,28+,29+/m1/s1. The molecular weight excluding hydrogens is 541 g/mol. The Balaban J connectivity index is 6.04. The van der Waals surface area contributed by atoms with Crippen molar-refractivity contribution in [1.29, 1.82) is 0 Å². The predicted molar refractivity (Wildman–Crippen MR) is 171 cm³/mol. The molecule has 0 spiro atoms. The van der Waals surface area contributed by atoms with Crippen molar-refractivity contribution in [2.24, 2.45) is 11.8 Å². The maximum Gasteiger partial charge on any atom is 0.192 e. The van der Waals surface area contributed by atoms with Crippen molar-refractivity contribution in [3.8, 4) is 0 Å². The van der Waals surface area contributed by atoms with Crippen molar-refractivity contribution >= 4 is 22.4 Å². The maximum atomic E-state index is 12.1. The molecule has 6 atom stereocenters. The summed E-state index contributed by atoms with van der Waals surface area (Å²) in [5.41, 5.74) is 1.04. The van der Waals surface area contributed by atoms with E-state index in [4.69, 9.17) is 23.1 Å². The molecule has 7 nitrogen and oxygen atoms in total. The van der Waals surface area contributed by atoms with Gasteiger partial charge in [0.25, 0.3) is 0 Å². The highest BCUT2D eigenvalue weighted by molar-refractivity contribution is 6.74. The minimum absolute atomic E-state index is 0.0106. The van der Waals surface area contributed by atoms with Gasteiger partial charge in [0.1, 0.15) is 12.6 Å². The van der Waals surface area contributed by atoms with Gasteiger partial charge in [0.15, 0.2) is 16.6 Å².